The molecule has 37 heavy (non-hydrogen) atoms. The summed E-state index contributed by atoms with van der Waals surface area (Å²) < 4.78 is 67.8. The zero-order valence-electron chi connectivity index (χ0n) is 19.4. The molecule has 3 unspecified atom stereocenters. The molecule has 2 N–H and O–H groups in total. The second kappa shape index (κ2) is 9.37. The first kappa shape index (κ1) is 26.1. The highest BCUT2D eigenvalue weighted by Gasteiger charge is 2.60. The number of aliphatic hydroxyl groups is 1. The molecular formula is C25H22ClF3N2O4S2. The van der Waals surface area contributed by atoms with Gasteiger partial charge in [-0.15, -0.1) is 11.3 Å². The molecule has 12 heteroatoms. The quantitative estimate of drug-likeness (QED) is 0.391. The van der Waals surface area contributed by atoms with Crippen molar-refractivity contribution in [1.82, 2.24) is 4.98 Å². The Morgan fingerprint density at radius 2 is 1.86 bits per heavy atom. The molecule has 2 aliphatic rings. The van der Waals surface area contributed by atoms with E-state index in [1.165, 1.54) is 23.5 Å². The number of nitrogens with one attached hydrogen (secondary N) is 1. The Morgan fingerprint density at radius 1 is 1.16 bits per heavy atom. The smallest absolute Gasteiger partial charge is 0.255 e. The van der Waals surface area contributed by atoms with Crippen LogP contribution in [0.5, 0.6) is 0 Å². The number of benzene rings is 2. The SMILES string of the molecule is C[C@H]1CC2CC(S(=O)(=O)c3cc(C(=O)Nc4cc(F)c(F)c(F)c4)ccc3Cl)CC1[C@@]2(O)c1nccs1. The first-order chi connectivity index (χ1) is 17.4. The highest BCUT2D eigenvalue weighted by Crippen LogP contribution is 2.59. The minimum atomic E-state index is -4.02. The van der Waals surface area contributed by atoms with Gasteiger partial charge in [0.2, 0.25) is 0 Å². The summed E-state index contributed by atoms with van der Waals surface area (Å²) in [6, 6.07) is 4.90. The van der Waals surface area contributed by atoms with Crippen molar-refractivity contribution in [3.8, 4) is 0 Å². The van der Waals surface area contributed by atoms with E-state index in [0.29, 0.717) is 23.6 Å². The van der Waals surface area contributed by atoms with Gasteiger partial charge in [-0.1, -0.05) is 18.5 Å². The molecule has 5 atom stereocenters. The van der Waals surface area contributed by atoms with Crippen LogP contribution in [-0.2, 0) is 15.4 Å². The van der Waals surface area contributed by atoms with Gasteiger partial charge in [0.25, 0.3) is 5.91 Å². The predicted octanol–water partition coefficient (Wildman–Crippen LogP) is 5.56. The van der Waals surface area contributed by atoms with E-state index >= 15 is 0 Å². The summed E-state index contributed by atoms with van der Waals surface area (Å²) in [5, 5.41) is 15.3. The Labute approximate surface area is 220 Å². The number of sulfone groups is 1. The van der Waals surface area contributed by atoms with Crippen LogP contribution in [0.2, 0.25) is 5.02 Å². The van der Waals surface area contributed by atoms with E-state index < -0.39 is 44.0 Å². The Hall–Kier alpha value is -2.47. The summed E-state index contributed by atoms with van der Waals surface area (Å²) in [5.41, 5.74) is -1.63. The lowest BCUT2D eigenvalue weighted by atomic mass is 9.73. The van der Waals surface area contributed by atoms with Crippen LogP contribution >= 0.6 is 22.9 Å². The second-order valence-electron chi connectivity index (χ2n) is 9.67. The minimum Gasteiger partial charge on any atom is -0.382 e. The normalized spacial score (nSPS) is 27.3. The van der Waals surface area contributed by atoms with E-state index in [4.69, 9.17) is 11.6 Å². The zero-order valence-corrected chi connectivity index (χ0v) is 21.8. The fourth-order valence-electron chi connectivity index (χ4n) is 5.79. The number of anilines is 1. The predicted molar refractivity (Wildman–Crippen MR) is 133 cm³/mol. The van der Waals surface area contributed by atoms with Gasteiger partial charge in [0, 0.05) is 35.0 Å². The van der Waals surface area contributed by atoms with Gasteiger partial charge in [0.05, 0.1) is 15.2 Å². The van der Waals surface area contributed by atoms with Gasteiger partial charge in [-0.25, -0.2) is 26.6 Å². The summed E-state index contributed by atoms with van der Waals surface area (Å²) in [7, 11) is -4.02. The van der Waals surface area contributed by atoms with Gasteiger partial charge in [0.1, 0.15) is 10.6 Å². The van der Waals surface area contributed by atoms with Crippen LogP contribution in [0, 0.1) is 35.2 Å². The fraction of sp³-hybridized carbons (Fsp3) is 0.360. The Balaban J connectivity index is 1.42. The molecule has 6 nitrogen and oxygen atoms in total. The number of fused-ring (bicyclic) bond motifs is 2. The van der Waals surface area contributed by atoms with Crippen LogP contribution in [0.4, 0.5) is 18.9 Å². The maximum absolute atomic E-state index is 13.7. The first-order valence-electron chi connectivity index (χ1n) is 11.5. The number of aromatic nitrogens is 1. The average Bonchev–Trinajstić information content (AvgIpc) is 3.41. The number of hydrogen-bond acceptors (Lipinski definition) is 6. The molecule has 3 aromatic rings. The van der Waals surface area contributed by atoms with Crippen LogP contribution < -0.4 is 5.32 Å². The van der Waals surface area contributed by atoms with Gasteiger partial charge < -0.3 is 10.4 Å². The highest BCUT2D eigenvalue weighted by molar-refractivity contribution is 7.92. The largest absolute Gasteiger partial charge is 0.382 e. The molecule has 0 radical (unpaired) electrons. The maximum Gasteiger partial charge on any atom is 0.255 e. The molecule has 1 amide bonds. The lowest BCUT2D eigenvalue weighted by molar-refractivity contribution is -0.0699. The molecule has 5 rings (SSSR count). The van der Waals surface area contributed by atoms with Crippen molar-refractivity contribution in [3.05, 3.63) is 75.0 Å². The van der Waals surface area contributed by atoms with Gasteiger partial charge in [0.15, 0.2) is 27.3 Å². The number of carbonyl (C=O) groups is 1. The van der Waals surface area contributed by atoms with E-state index in [-0.39, 0.29) is 51.8 Å². The summed E-state index contributed by atoms with van der Waals surface area (Å²) in [6.07, 6.45) is 2.70. The summed E-state index contributed by atoms with van der Waals surface area (Å²) in [4.78, 5) is 16.8. The Kier molecular flexibility index (Phi) is 6.62. The molecule has 1 heterocycles. The van der Waals surface area contributed by atoms with Crippen molar-refractivity contribution in [3.63, 3.8) is 0 Å². The zero-order chi connectivity index (χ0) is 26.7. The number of rotatable bonds is 5. The van der Waals surface area contributed by atoms with Crippen molar-refractivity contribution < 1.29 is 31.5 Å². The molecule has 2 bridgehead atoms. The van der Waals surface area contributed by atoms with Crippen LogP contribution in [0.15, 0.2) is 46.8 Å². The molecule has 2 aromatic carbocycles. The van der Waals surface area contributed by atoms with E-state index in [0.717, 1.165) is 6.07 Å². The number of halogens is 4. The topological polar surface area (TPSA) is 96.4 Å². The van der Waals surface area contributed by atoms with E-state index in [9.17, 15) is 31.5 Å². The van der Waals surface area contributed by atoms with Crippen LogP contribution in [0.3, 0.4) is 0 Å². The van der Waals surface area contributed by atoms with E-state index in [1.54, 1.807) is 11.6 Å². The molecular weight excluding hydrogens is 549 g/mol. The third-order valence-electron chi connectivity index (χ3n) is 7.55. The van der Waals surface area contributed by atoms with Crippen LogP contribution in [-0.4, -0.2) is 29.7 Å². The first-order valence-corrected chi connectivity index (χ1v) is 14.3. The number of carbonyl (C=O) groups excluding carboxylic acids is 1. The number of nitrogens with zero attached hydrogens (tertiary/aromatic N) is 1. The Bertz CT molecular complexity index is 1460. The summed E-state index contributed by atoms with van der Waals surface area (Å²) in [6.45, 7) is 2.00. The van der Waals surface area contributed by atoms with Crippen LogP contribution in [0.1, 0.15) is 41.6 Å². The van der Waals surface area contributed by atoms with Crippen molar-refractivity contribution in [2.75, 3.05) is 5.32 Å². The van der Waals surface area contributed by atoms with Gasteiger partial charge in [-0.05, 0) is 55.2 Å². The lowest BCUT2D eigenvalue weighted by Crippen LogP contribution is -2.46. The molecule has 2 saturated carbocycles. The third kappa shape index (κ3) is 4.35. The lowest BCUT2D eigenvalue weighted by Gasteiger charge is -2.41. The second-order valence-corrected chi connectivity index (χ2v) is 13.2. The number of thiazole rings is 1. The molecule has 0 aliphatic heterocycles. The van der Waals surface area contributed by atoms with Crippen LogP contribution in [0.25, 0.3) is 0 Å². The van der Waals surface area contributed by atoms with Crippen molar-refractivity contribution >= 4 is 44.4 Å². The molecule has 1 aromatic heterocycles. The maximum atomic E-state index is 13.7. The number of amides is 1. The molecule has 196 valence electrons. The van der Waals surface area contributed by atoms with Crippen molar-refractivity contribution in [2.45, 2.75) is 41.9 Å². The van der Waals surface area contributed by atoms with Gasteiger partial charge in [-0.3, -0.25) is 4.79 Å². The number of hydrogen-bond donors (Lipinski definition) is 2. The highest BCUT2D eigenvalue weighted by atomic mass is 35.5. The van der Waals surface area contributed by atoms with E-state index in [1.807, 2.05) is 6.92 Å². The fourth-order valence-corrected chi connectivity index (χ4v) is 9.05. The Morgan fingerprint density at radius 3 is 2.49 bits per heavy atom. The molecule has 0 spiro atoms. The third-order valence-corrected chi connectivity index (χ3v) is 11.1. The molecule has 0 saturated heterocycles. The minimum absolute atomic E-state index is 0.0726. The van der Waals surface area contributed by atoms with Crippen molar-refractivity contribution in [1.29, 1.82) is 0 Å². The molecule has 2 aliphatic carbocycles. The monoisotopic (exact) mass is 570 g/mol. The molecule has 2 fully saturated rings. The van der Waals surface area contributed by atoms with Gasteiger partial charge in [-0.2, -0.15) is 0 Å². The summed E-state index contributed by atoms with van der Waals surface area (Å²) >= 11 is 7.62. The van der Waals surface area contributed by atoms with Crippen molar-refractivity contribution in [2.24, 2.45) is 17.8 Å². The summed E-state index contributed by atoms with van der Waals surface area (Å²) in [5.74, 6) is -6.01. The van der Waals surface area contributed by atoms with Gasteiger partial charge >= 0.3 is 0 Å². The average molecular weight is 571 g/mol. The standard InChI is InChI=1S/C25H22ClF3N2O4S2/c1-12-6-14-8-16(11-17(12)25(14,33)24-30-4-5-36-24)37(34,35)21-7-13(2-3-18(21)26)23(32)31-15-9-19(27)22(29)20(28)10-15/h2-5,7,9-10,12,14,16-17,33H,6,8,11H2,1H3,(H,31,32)/t12-,14?,16?,17?,25+/m0/s1. The van der Waals surface area contributed by atoms with E-state index in [2.05, 4.69) is 10.3 Å².